The quantitative estimate of drug-likeness (QED) is 0.698. The number of amides is 2. The Morgan fingerprint density at radius 3 is 2.50 bits per heavy atom. The molecule has 0 spiro atoms. The first-order chi connectivity index (χ1) is 13.4. The summed E-state index contributed by atoms with van der Waals surface area (Å²) >= 11 is 0. The lowest BCUT2D eigenvalue weighted by Gasteiger charge is -2.12. The third-order valence-corrected chi connectivity index (χ3v) is 3.91. The Labute approximate surface area is 160 Å². The summed E-state index contributed by atoms with van der Waals surface area (Å²) in [5.74, 6) is -1.63. The van der Waals surface area contributed by atoms with Gasteiger partial charge in [-0.05, 0) is 42.8 Å². The Morgan fingerprint density at radius 2 is 1.79 bits per heavy atom. The smallest absolute Gasteiger partial charge is 0.268 e. The van der Waals surface area contributed by atoms with Crippen molar-refractivity contribution in [3.8, 4) is 11.5 Å². The van der Waals surface area contributed by atoms with Crippen molar-refractivity contribution < 1.29 is 29.0 Å². The normalized spacial score (nSPS) is 12.4. The molecule has 144 valence electrons. The maximum atomic E-state index is 12.5. The molecule has 8 heteroatoms. The highest BCUT2D eigenvalue weighted by atomic mass is 16.7. The van der Waals surface area contributed by atoms with Gasteiger partial charge in [0, 0.05) is 5.56 Å². The molecule has 0 saturated heterocycles. The zero-order valence-electron chi connectivity index (χ0n) is 15.0. The minimum atomic E-state index is -1.44. The molecule has 0 aromatic heterocycles. The molecule has 1 aliphatic heterocycles. The number of ether oxygens (including phenoxy) is 2. The number of hydrogen-bond donors (Lipinski definition) is 2. The number of carboxylic acid groups (broad SMARTS) is 1. The fourth-order valence-corrected chi connectivity index (χ4v) is 2.48. The number of hydrogen-bond acceptors (Lipinski definition) is 6. The van der Waals surface area contributed by atoms with Crippen molar-refractivity contribution in [1.82, 2.24) is 10.6 Å². The minimum absolute atomic E-state index is 0.103. The van der Waals surface area contributed by atoms with Crippen molar-refractivity contribution in [2.24, 2.45) is 0 Å². The van der Waals surface area contributed by atoms with Gasteiger partial charge in [0.05, 0.1) is 12.5 Å². The standard InChI is InChI=1S/C20H18N2O6/c1-12-2-5-14(6-3-12)19(25)22-15(20(26)21-10-18(23)24)8-13-4-7-16-17(9-13)28-11-27-16/h2-9H,10-11H2,1H3,(H,21,26)(H,22,25)(H,23,24)/p-1/b15-8-. The van der Waals surface area contributed by atoms with E-state index in [0.717, 1.165) is 5.56 Å². The minimum Gasteiger partial charge on any atom is -0.548 e. The first kappa shape index (κ1) is 19.0. The molecule has 8 nitrogen and oxygen atoms in total. The Balaban J connectivity index is 1.85. The van der Waals surface area contributed by atoms with E-state index < -0.39 is 24.3 Å². The number of rotatable bonds is 6. The molecule has 1 heterocycles. The van der Waals surface area contributed by atoms with Crippen LogP contribution in [0.3, 0.4) is 0 Å². The van der Waals surface area contributed by atoms with E-state index in [0.29, 0.717) is 22.6 Å². The summed E-state index contributed by atoms with van der Waals surface area (Å²) in [6, 6.07) is 11.8. The number of carboxylic acids is 1. The predicted molar refractivity (Wildman–Crippen MR) is 97.2 cm³/mol. The van der Waals surface area contributed by atoms with Crippen molar-refractivity contribution in [2.45, 2.75) is 6.92 Å². The van der Waals surface area contributed by atoms with E-state index in [-0.39, 0.29) is 12.5 Å². The summed E-state index contributed by atoms with van der Waals surface area (Å²) in [6.45, 7) is 1.31. The number of fused-ring (bicyclic) bond motifs is 1. The van der Waals surface area contributed by atoms with Gasteiger partial charge < -0.3 is 30.0 Å². The molecular weight excluding hydrogens is 364 g/mol. The number of carbonyl (C=O) groups excluding carboxylic acids is 3. The largest absolute Gasteiger partial charge is 0.548 e. The summed E-state index contributed by atoms with van der Waals surface area (Å²) in [5, 5.41) is 15.3. The van der Waals surface area contributed by atoms with E-state index in [2.05, 4.69) is 10.6 Å². The Bertz CT molecular complexity index is 950. The molecule has 0 aliphatic carbocycles. The van der Waals surface area contributed by atoms with Gasteiger partial charge in [-0.3, -0.25) is 9.59 Å². The van der Waals surface area contributed by atoms with Crippen LogP contribution in [0.4, 0.5) is 0 Å². The summed E-state index contributed by atoms with van der Waals surface area (Å²) in [4.78, 5) is 35.5. The summed E-state index contributed by atoms with van der Waals surface area (Å²) in [7, 11) is 0. The Kier molecular flexibility index (Phi) is 5.59. The summed E-state index contributed by atoms with van der Waals surface area (Å²) in [5.41, 5.74) is 1.78. The van der Waals surface area contributed by atoms with Crippen LogP contribution < -0.4 is 25.2 Å². The molecular formula is C20H17N2O6-. The number of benzene rings is 2. The summed E-state index contributed by atoms with van der Waals surface area (Å²) < 4.78 is 10.5. The van der Waals surface area contributed by atoms with Crippen LogP contribution in [0.5, 0.6) is 11.5 Å². The topological polar surface area (TPSA) is 117 Å². The lowest BCUT2D eigenvalue weighted by atomic mass is 10.1. The van der Waals surface area contributed by atoms with Crippen LogP contribution in [-0.4, -0.2) is 31.1 Å². The molecule has 3 rings (SSSR count). The SMILES string of the molecule is Cc1ccc(C(=O)N/C(=C\c2ccc3c(c2)OCO3)C(=O)NCC(=O)[O-])cc1. The van der Waals surface area contributed by atoms with Gasteiger partial charge in [-0.1, -0.05) is 23.8 Å². The van der Waals surface area contributed by atoms with E-state index >= 15 is 0 Å². The van der Waals surface area contributed by atoms with Crippen LogP contribution >= 0.6 is 0 Å². The predicted octanol–water partition coefficient (Wildman–Crippen LogP) is 0.361. The van der Waals surface area contributed by atoms with Gasteiger partial charge in [0.25, 0.3) is 11.8 Å². The van der Waals surface area contributed by atoms with Gasteiger partial charge >= 0.3 is 0 Å². The second kappa shape index (κ2) is 8.26. The van der Waals surface area contributed by atoms with Crippen molar-refractivity contribution in [2.75, 3.05) is 13.3 Å². The van der Waals surface area contributed by atoms with Crippen LogP contribution in [-0.2, 0) is 9.59 Å². The Morgan fingerprint density at radius 1 is 1.07 bits per heavy atom. The lowest BCUT2D eigenvalue weighted by Crippen LogP contribution is -2.41. The molecule has 2 aromatic rings. The van der Waals surface area contributed by atoms with Gasteiger partial charge in [-0.2, -0.15) is 0 Å². The second-order valence-corrected chi connectivity index (χ2v) is 6.05. The number of aliphatic carboxylic acids is 1. The molecule has 2 aromatic carbocycles. The fraction of sp³-hybridized carbons (Fsp3) is 0.150. The molecule has 0 atom stereocenters. The first-order valence-corrected chi connectivity index (χ1v) is 8.40. The first-order valence-electron chi connectivity index (χ1n) is 8.40. The van der Waals surface area contributed by atoms with Gasteiger partial charge in [0.2, 0.25) is 6.79 Å². The second-order valence-electron chi connectivity index (χ2n) is 6.05. The molecule has 0 bridgehead atoms. The molecule has 2 amide bonds. The number of aryl methyl sites for hydroxylation is 1. The number of nitrogens with one attached hydrogen (secondary N) is 2. The third kappa shape index (κ3) is 4.67. The van der Waals surface area contributed by atoms with Gasteiger partial charge in [0.15, 0.2) is 11.5 Å². The number of carbonyl (C=O) groups is 3. The summed E-state index contributed by atoms with van der Waals surface area (Å²) in [6.07, 6.45) is 1.42. The van der Waals surface area contributed by atoms with Gasteiger partial charge in [0.1, 0.15) is 5.70 Å². The Hall–Kier alpha value is -3.81. The average molecular weight is 381 g/mol. The molecule has 0 fully saturated rings. The van der Waals surface area contributed by atoms with Crippen molar-refractivity contribution >= 4 is 23.9 Å². The fourth-order valence-electron chi connectivity index (χ4n) is 2.48. The van der Waals surface area contributed by atoms with Crippen LogP contribution in [0.2, 0.25) is 0 Å². The molecule has 2 N–H and O–H groups in total. The van der Waals surface area contributed by atoms with Crippen LogP contribution in [0.15, 0.2) is 48.2 Å². The highest BCUT2D eigenvalue weighted by molar-refractivity contribution is 6.05. The van der Waals surface area contributed by atoms with Gasteiger partial charge in [-0.25, -0.2) is 0 Å². The van der Waals surface area contributed by atoms with E-state index in [1.165, 1.54) is 6.08 Å². The highest BCUT2D eigenvalue weighted by Crippen LogP contribution is 2.33. The van der Waals surface area contributed by atoms with E-state index in [4.69, 9.17) is 9.47 Å². The highest BCUT2D eigenvalue weighted by Gasteiger charge is 2.17. The van der Waals surface area contributed by atoms with Crippen LogP contribution in [0, 0.1) is 6.92 Å². The zero-order valence-corrected chi connectivity index (χ0v) is 15.0. The molecule has 0 saturated carbocycles. The van der Waals surface area contributed by atoms with E-state index in [9.17, 15) is 19.5 Å². The van der Waals surface area contributed by atoms with Crippen LogP contribution in [0.25, 0.3) is 6.08 Å². The van der Waals surface area contributed by atoms with Crippen molar-refractivity contribution in [3.63, 3.8) is 0 Å². The maximum absolute atomic E-state index is 12.5. The monoisotopic (exact) mass is 381 g/mol. The maximum Gasteiger partial charge on any atom is 0.268 e. The van der Waals surface area contributed by atoms with Crippen molar-refractivity contribution in [1.29, 1.82) is 0 Å². The van der Waals surface area contributed by atoms with E-state index in [1.807, 2.05) is 6.92 Å². The van der Waals surface area contributed by atoms with Gasteiger partial charge in [-0.15, -0.1) is 0 Å². The third-order valence-electron chi connectivity index (χ3n) is 3.91. The lowest BCUT2D eigenvalue weighted by molar-refractivity contribution is -0.303. The molecule has 28 heavy (non-hydrogen) atoms. The van der Waals surface area contributed by atoms with Crippen molar-refractivity contribution in [3.05, 3.63) is 64.9 Å². The molecule has 0 unspecified atom stereocenters. The molecule has 0 radical (unpaired) electrons. The molecule has 1 aliphatic rings. The van der Waals surface area contributed by atoms with Crippen LogP contribution in [0.1, 0.15) is 21.5 Å². The average Bonchev–Trinajstić information content (AvgIpc) is 3.13. The zero-order chi connectivity index (χ0) is 20.1. The van der Waals surface area contributed by atoms with E-state index in [1.54, 1.807) is 42.5 Å².